The van der Waals surface area contributed by atoms with Gasteiger partial charge in [0, 0.05) is 10.9 Å². The van der Waals surface area contributed by atoms with Crippen LogP contribution in [0.15, 0.2) is 28.7 Å². The third-order valence-corrected chi connectivity index (χ3v) is 3.93. The Bertz CT molecular complexity index is 416. The Kier molecular flexibility index (Phi) is 5.70. The maximum absolute atomic E-state index is 11.7. The van der Waals surface area contributed by atoms with Gasteiger partial charge in [-0.15, -0.1) is 0 Å². The lowest BCUT2D eigenvalue weighted by Gasteiger charge is -2.10. The van der Waals surface area contributed by atoms with Gasteiger partial charge >= 0.3 is 0 Å². The third kappa shape index (κ3) is 5.23. The van der Waals surface area contributed by atoms with Crippen molar-refractivity contribution >= 4 is 21.8 Å². The van der Waals surface area contributed by atoms with E-state index in [4.69, 9.17) is 4.74 Å². The SMILES string of the molecule is O=C(CC1CCCC1)NCCOc1cccc(Br)c1. The van der Waals surface area contributed by atoms with Crippen LogP contribution in [0.5, 0.6) is 5.75 Å². The van der Waals surface area contributed by atoms with Crippen LogP contribution in [0.4, 0.5) is 0 Å². The van der Waals surface area contributed by atoms with E-state index in [-0.39, 0.29) is 5.91 Å². The third-order valence-electron chi connectivity index (χ3n) is 3.44. The first-order chi connectivity index (χ1) is 9.24. The van der Waals surface area contributed by atoms with Crippen LogP contribution in [-0.2, 0) is 4.79 Å². The van der Waals surface area contributed by atoms with Crippen LogP contribution in [-0.4, -0.2) is 19.1 Å². The molecule has 0 bridgehead atoms. The fourth-order valence-electron chi connectivity index (χ4n) is 2.46. The Balaban J connectivity index is 1.59. The van der Waals surface area contributed by atoms with Crippen LogP contribution in [0.2, 0.25) is 0 Å². The molecular formula is C15H20BrNO2. The number of amides is 1. The van der Waals surface area contributed by atoms with Crippen LogP contribution >= 0.6 is 15.9 Å². The van der Waals surface area contributed by atoms with E-state index < -0.39 is 0 Å². The van der Waals surface area contributed by atoms with E-state index in [1.54, 1.807) is 0 Å². The second-order valence-corrected chi connectivity index (χ2v) is 5.93. The average molecular weight is 326 g/mol. The lowest BCUT2D eigenvalue weighted by atomic mass is 10.0. The maximum Gasteiger partial charge on any atom is 0.220 e. The zero-order chi connectivity index (χ0) is 13.5. The van der Waals surface area contributed by atoms with Gasteiger partial charge in [-0.1, -0.05) is 34.8 Å². The van der Waals surface area contributed by atoms with Gasteiger partial charge in [-0.25, -0.2) is 0 Å². The minimum Gasteiger partial charge on any atom is -0.492 e. The number of carbonyl (C=O) groups is 1. The molecule has 2 rings (SSSR count). The Labute approximate surface area is 122 Å². The highest BCUT2D eigenvalue weighted by atomic mass is 79.9. The molecule has 1 aliphatic rings. The summed E-state index contributed by atoms with van der Waals surface area (Å²) in [5, 5.41) is 2.92. The topological polar surface area (TPSA) is 38.3 Å². The number of hydrogen-bond donors (Lipinski definition) is 1. The summed E-state index contributed by atoms with van der Waals surface area (Å²) in [5.74, 6) is 1.58. The molecule has 19 heavy (non-hydrogen) atoms. The van der Waals surface area contributed by atoms with E-state index >= 15 is 0 Å². The lowest BCUT2D eigenvalue weighted by Crippen LogP contribution is -2.29. The lowest BCUT2D eigenvalue weighted by molar-refractivity contribution is -0.122. The Hall–Kier alpha value is -1.03. The van der Waals surface area contributed by atoms with Crippen molar-refractivity contribution in [2.45, 2.75) is 32.1 Å². The first kappa shape index (κ1) is 14.4. The number of hydrogen-bond acceptors (Lipinski definition) is 2. The first-order valence-corrected chi connectivity index (χ1v) is 7.68. The quantitative estimate of drug-likeness (QED) is 0.812. The number of carbonyl (C=O) groups excluding carboxylic acids is 1. The molecule has 0 heterocycles. The summed E-state index contributed by atoms with van der Waals surface area (Å²) < 4.78 is 6.56. The highest BCUT2D eigenvalue weighted by molar-refractivity contribution is 9.10. The van der Waals surface area contributed by atoms with Gasteiger partial charge in [-0.3, -0.25) is 4.79 Å². The highest BCUT2D eigenvalue weighted by Gasteiger charge is 2.17. The van der Waals surface area contributed by atoms with Crippen molar-refractivity contribution in [1.29, 1.82) is 0 Å². The summed E-state index contributed by atoms with van der Waals surface area (Å²) >= 11 is 3.39. The standard InChI is InChI=1S/C15H20BrNO2/c16-13-6-3-7-14(11-13)19-9-8-17-15(18)10-12-4-1-2-5-12/h3,6-7,11-12H,1-2,4-5,8-10H2,(H,17,18). The van der Waals surface area contributed by atoms with Crippen molar-refractivity contribution in [3.63, 3.8) is 0 Å². The molecule has 0 atom stereocenters. The van der Waals surface area contributed by atoms with Gasteiger partial charge in [0.25, 0.3) is 0 Å². The molecule has 3 nitrogen and oxygen atoms in total. The normalized spacial score (nSPS) is 15.4. The molecule has 0 spiro atoms. The van der Waals surface area contributed by atoms with Crippen LogP contribution in [0.1, 0.15) is 32.1 Å². The van der Waals surface area contributed by atoms with E-state index in [0.717, 1.165) is 10.2 Å². The number of nitrogens with one attached hydrogen (secondary N) is 1. The fraction of sp³-hybridized carbons (Fsp3) is 0.533. The predicted octanol–water partition coefficient (Wildman–Crippen LogP) is 3.52. The van der Waals surface area contributed by atoms with Gasteiger partial charge in [0.1, 0.15) is 12.4 Å². The molecular weight excluding hydrogens is 306 g/mol. The zero-order valence-electron chi connectivity index (χ0n) is 11.0. The van der Waals surface area contributed by atoms with Gasteiger partial charge in [-0.2, -0.15) is 0 Å². The van der Waals surface area contributed by atoms with Crippen molar-refractivity contribution in [3.05, 3.63) is 28.7 Å². The van der Waals surface area contributed by atoms with Gasteiger partial charge in [-0.05, 0) is 37.0 Å². The Morgan fingerprint density at radius 3 is 2.89 bits per heavy atom. The molecule has 1 aromatic rings. The maximum atomic E-state index is 11.7. The molecule has 0 aliphatic heterocycles. The van der Waals surface area contributed by atoms with Crippen molar-refractivity contribution in [2.75, 3.05) is 13.2 Å². The molecule has 104 valence electrons. The van der Waals surface area contributed by atoms with Crippen molar-refractivity contribution in [2.24, 2.45) is 5.92 Å². The average Bonchev–Trinajstić information content (AvgIpc) is 2.87. The molecule has 1 aromatic carbocycles. The van der Waals surface area contributed by atoms with Crippen LogP contribution < -0.4 is 10.1 Å². The second-order valence-electron chi connectivity index (χ2n) is 5.01. The summed E-state index contributed by atoms with van der Waals surface area (Å²) in [5.41, 5.74) is 0. The molecule has 0 unspecified atom stereocenters. The van der Waals surface area contributed by atoms with Crippen molar-refractivity contribution < 1.29 is 9.53 Å². The number of benzene rings is 1. The molecule has 1 saturated carbocycles. The Morgan fingerprint density at radius 1 is 1.37 bits per heavy atom. The summed E-state index contributed by atoms with van der Waals surface area (Å²) in [6.07, 6.45) is 5.66. The van der Waals surface area contributed by atoms with E-state index in [1.165, 1.54) is 25.7 Å². The predicted molar refractivity (Wildman–Crippen MR) is 79.2 cm³/mol. The monoisotopic (exact) mass is 325 g/mol. The summed E-state index contributed by atoms with van der Waals surface area (Å²) in [6, 6.07) is 7.71. The van der Waals surface area contributed by atoms with Crippen LogP contribution in [0.25, 0.3) is 0 Å². The molecule has 1 fully saturated rings. The molecule has 0 saturated heterocycles. The van der Waals surface area contributed by atoms with Gasteiger partial charge in [0.05, 0.1) is 6.54 Å². The van der Waals surface area contributed by atoms with Gasteiger partial charge in [0.15, 0.2) is 0 Å². The molecule has 1 amide bonds. The van der Waals surface area contributed by atoms with Gasteiger partial charge in [0.2, 0.25) is 5.91 Å². The smallest absolute Gasteiger partial charge is 0.220 e. The molecule has 4 heteroatoms. The number of ether oxygens (including phenoxy) is 1. The highest BCUT2D eigenvalue weighted by Crippen LogP contribution is 2.27. The van der Waals surface area contributed by atoms with Crippen molar-refractivity contribution in [3.8, 4) is 5.75 Å². The number of halogens is 1. The first-order valence-electron chi connectivity index (χ1n) is 6.89. The zero-order valence-corrected chi connectivity index (χ0v) is 12.6. The van der Waals surface area contributed by atoms with Crippen LogP contribution in [0, 0.1) is 5.92 Å². The molecule has 1 N–H and O–H groups in total. The van der Waals surface area contributed by atoms with Crippen LogP contribution in [0.3, 0.4) is 0 Å². The molecule has 1 aliphatic carbocycles. The number of rotatable bonds is 6. The minimum absolute atomic E-state index is 0.157. The summed E-state index contributed by atoms with van der Waals surface area (Å²) in [4.78, 5) is 11.7. The summed E-state index contributed by atoms with van der Waals surface area (Å²) in [7, 11) is 0. The van der Waals surface area contributed by atoms with E-state index in [1.807, 2.05) is 24.3 Å². The second kappa shape index (κ2) is 7.53. The van der Waals surface area contributed by atoms with Gasteiger partial charge < -0.3 is 10.1 Å². The summed E-state index contributed by atoms with van der Waals surface area (Å²) in [6.45, 7) is 1.07. The minimum atomic E-state index is 0.157. The largest absolute Gasteiger partial charge is 0.492 e. The van der Waals surface area contributed by atoms with E-state index in [2.05, 4.69) is 21.2 Å². The van der Waals surface area contributed by atoms with E-state index in [0.29, 0.717) is 25.5 Å². The molecule has 0 aromatic heterocycles. The molecule has 0 radical (unpaired) electrons. The Morgan fingerprint density at radius 2 is 2.16 bits per heavy atom. The van der Waals surface area contributed by atoms with E-state index in [9.17, 15) is 4.79 Å². The fourth-order valence-corrected chi connectivity index (χ4v) is 2.84. The van der Waals surface area contributed by atoms with Crippen molar-refractivity contribution in [1.82, 2.24) is 5.32 Å².